The molecule has 0 saturated carbocycles. The summed E-state index contributed by atoms with van der Waals surface area (Å²) in [5.74, 6) is -0.944. The topological polar surface area (TPSA) is 69.7 Å². The van der Waals surface area contributed by atoms with Crippen LogP contribution in [-0.4, -0.2) is 53.0 Å². The van der Waals surface area contributed by atoms with Crippen LogP contribution in [0.25, 0.3) is 0 Å². The Kier molecular flexibility index (Phi) is 6.92. The maximum absolute atomic E-state index is 13.2. The molecule has 0 bridgehead atoms. The van der Waals surface area contributed by atoms with Crippen molar-refractivity contribution in [3.8, 4) is 0 Å². The molecule has 0 radical (unpaired) electrons. The molecule has 0 heterocycles. The highest BCUT2D eigenvalue weighted by atomic mass is 32.2. The number of anilines is 1. The van der Waals surface area contributed by atoms with E-state index in [0.717, 1.165) is 22.0 Å². The van der Waals surface area contributed by atoms with E-state index in [1.807, 2.05) is 25.9 Å². The first-order valence-electron chi connectivity index (χ1n) is 8.46. The Hall–Kier alpha value is -2.45. The summed E-state index contributed by atoms with van der Waals surface area (Å²) >= 11 is 0. The van der Waals surface area contributed by atoms with Crippen molar-refractivity contribution < 1.29 is 17.6 Å². The van der Waals surface area contributed by atoms with Crippen LogP contribution in [0.4, 0.5) is 10.1 Å². The van der Waals surface area contributed by atoms with Crippen molar-refractivity contribution in [1.29, 1.82) is 0 Å². The lowest BCUT2D eigenvalue weighted by molar-refractivity contribution is -0.119. The second-order valence-electron chi connectivity index (χ2n) is 6.45. The maximum Gasteiger partial charge on any atom is 0.264 e. The maximum atomic E-state index is 13.2. The molecule has 0 spiro atoms. The van der Waals surface area contributed by atoms with Gasteiger partial charge in [-0.3, -0.25) is 9.10 Å². The molecule has 0 fully saturated rings. The number of halogens is 1. The third-order valence-corrected chi connectivity index (χ3v) is 5.68. The Balaban J connectivity index is 2.30. The van der Waals surface area contributed by atoms with Crippen LogP contribution >= 0.6 is 0 Å². The predicted molar refractivity (Wildman–Crippen MR) is 104 cm³/mol. The van der Waals surface area contributed by atoms with Gasteiger partial charge in [-0.15, -0.1) is 0 Å². The molecular formula is C19H24FN3O3S. The van der Waals surface area contributed by atoms with Crippen molar-refractivity contribution in [2.24, 2.45) is 0 Å². The zero-order valence-corrected chi connectivity index (χ0v) is 16.5. The largest absolute Gasteiger partial charge is 0.353 e. The molecule has 6 nitrogen and oxygen atoms in total. The fraction of sp³-hybridized carbons (Fsp3) is 0.316. The van der Waals surface area contributed by atoms with Crippen molar-refractivity contribution in [1.82, 2.24) is 10.2 Å². The van der Waals surface area contributed by atoms with Gasteiger partial charge in [0.2, 0.25) is 5.91 Å². The zero-order valence-electron chi connectivity index (χ0n) is 15.6. The van der Waals surface area contributed by atoms with E-state index in [9.17, 15) is 17.6 Å². The van der Waals surface area contributed by atoms with Gasteiger partial charge >= 0.3 is 0 Å². The zero-order chi connectivity index (χ0) is 20.0. The Morgan fingerprint density at radius 2 is 1.63 bits per heavy atom. The second-order valence-corrected chi connectivity index (χ2v) is 8.32. The van der Waals surface area contributed by atoms with Crippen LogP contribution in [0.1, 0.15) is 5.56 Å². The molecule has 2 rings (SSSR count). The Bertz CT molecular complexity index is 866. The Morgan fingerprint density at radius 1 is 1.04 bits per heavy atom. The fourth-order valence-electron chi connectivity index (χ4n) is 2.37. The fourth-order valence-corrected chi connectivity index (χ4v) is 3.79. The lowest BCUT2D eigenvalue weighted by Crippen LogP contribution is -2.42. The van der Waals surface area contributed by atoms with Crippen LogP contribution in [-0.2, 0) is 14.8 Å². The molecule has 0 aliphatic rings. The highest BCUT2D eigenvalue weighted by molar-refractivity contribution is 7.92. The van der Waals surface area contributed by atoms with Crippen LogP contribution in [0, 0.1) is 12.7 Å². The van der Waals surface area contributed by atoms with Crippen LogP contribution in [0.2, 0.25) is 0 Å². The molecule has 2 aromatic rings. The van der Waals surface area contributed by atoms with E-state index in [0.29, 0.717) is 18.8 Å². The van der Waals surface area contributed by atoms with Gasteiger partial charge < -0.3 is 10.2 Å². The van der Waals surface area contributed by atoms with Gasteiger partial charge in [0, 0.05) is 13.1 Å². The van der Waals surface area contributed by atoms with Gasteiger partial charge in [-0.25, -0.2) is 12.8 Å². The summed E-state index contributed by atoms with van der Waals surface area (Å²) < 4.78 is 40.3. The number of hydrogen-bond donors (Lipinski definition) is 1. The van der Waals surface area contributed by atoms with Crippen molar-refractivity contribution in [2.45, 2.75) is 11.8 Å². The minimum Gasteiger partial charge on any atom is -0.353 e. The molecule has 146 valence electrons. The monoisotopic (exact) mass is 393 g/mol. The number of amides is 1. The van der Waals surface area contributed by atoms with Crippen molar-refractivity contribution in [3.63, 3.8) is 0 Å². The summed E-state index contributed by atoms with van der Waals surface area (Å²) in [4.78, 5) is 14.1. The Morgan fingerprint density at radius 3 is 2.19 bits per heavy atom. The molecule has 0 atom stereocenters. The van der Waals surface area contributed by atoms with Gasteiger partial charge in [-0.2, -0.15) is 0 Å². The average molecular weight is 393 g/mol. The minimum absolute atomic E-state index is 0.0782. The number of sulfonamides is 1. The predicted octanol–water partition coefficient (Wildman–Crippen LogP) is 2.01. The van der Waals surface area contributed by atoms with E-state index >= 15 is 0 Å². The van der Waals surface area contributed by atoms with Crippen LogP contribution in [0.5, 0.6) is 0 Å². The number of hydrogen-bond acceptors (Lipinski definition) is 4. The van der Waals surface area contributed by atoms with E-state index < -0.39 is 21.7 Å². The normalized spacial score (nSPS) is 11.4. The van der Waals surface area contributed by atoms with Gasteiger partial charge in [0.25, 0.3) is 10.0 Å². The van der Waals surface area contributed by atoms with Crippen molar-refractivity contribution >= 4 is 21.6 Å². The second kappa shape index (κ2) is 8.96. The number of carbonyl (C=O) groups is 1. The van der Waals surface area contributed by atoms with Gasteiger partial charge in [0.15, 0.2) is 0 Å². The molecule has 27 heavy (non-hydrogen) atoms. The lowest BCUT2D eigenvalue weighted by atomic mass is 10.2. The molecule has 1 amide bonds. The highest BCUT2D eigenvalue weighted by Crippen LogP contribution is 2.24. The third-order valence-electron chi connectivity index (χ3n) is 3.89. The lowest BCUT2D eigenvalue weighted by Gasteiger charge is -2.24. The number of aryl methyl sites for hydroxylation is 1. The minimum atomic E-state index is -4.02. The number of benzene rings is 2. The number of rotatable bonds is 8. The molecule has 0 saturated heterocycles. The smallest absolute Gasteiger partial charge is 0.264 e. The highest BCUT2D eigenvalue weighted by Gasteiger charge is 2.27. The average Bonchev–Trinajstić information content (AvgIpc) is 2.60. The van der Waals surface area contributed by atoms with Crippen LogP contribution in [0.3, 0.4) is 0 Å². The summed E-state index contributed by atoms with van der Waals surface area (Å²) in [5.41, 5.74) is 1.33. The number of likely N-dealkylation sites (N-methyl/N-ethyl adjacent to an activating group) is 1. The molecule has 0 unspecified atom stereocenters. The van der Waals surface area contributed by atoms with Crippen LogP contribution < -0.4 is 9.62 Å². The van der Waals surface area contributed by atoms with Gasteiger partial charge in [0.05, 0.1) is 10.6 Å². The first-order valence-corrected chi connectivity index (χ1v) is 9.90. The van der Waals surface area contributed by atoms with Gasteiger partial charge in [-0.05, 0) is 57.4 Å². The van der Waals surface area contributed by atoms with E-state index in [2.05, 4.69) is 5.32 Å². The molecule has 0 aromatic heterocycles. The van der Waals surface area contributed by atoms with Crippen LogP contribution in [0.15, 0.2) is 53.4 Å². The molecule has 0 aliphatic heterocycles. The van der Waals surface area contributed by atoms with Crippen molar-refractivity contribution in [3.05, 3.63) is 59.9 Å². The van der Waals surface area contributed by atoms with E-state index in [4.69, 9.17) is 0 Å². The van der Waals surface area contributed by atoms with Gasteiger partial charge in [0.1, 0.15) is 12.4 Å². The van der Waals surface area contributed by atoms with Crippen molar-refractivity contribution in [2.75, 3.05) is 38.0 Å². The molecule has 8 heteroatoms. The molecule has 0 aliphatic carbocycles. The summed E-state index contributed by atoms with van der Waals surface area (Å²) in [6.07, 6.45) is 0. The SMILES string of the molecule is Cc1ccc(N(CC(=O)NCCN(C)C)S(=O)(=O)c2ccc(F)cc2)cc1. The van der Waals surface area contributed by atoms with E-state index in [1.165, 1.54) is 12.1 Å². The van der Waals surface area contributed by atoms with Gasteiger partial charge in [-0.1, -0.05) is 17.7 Å². The molecular weight excluding hydrogens is 369 g/mol. The van der Waals surface area contributed by atoms with E-state index in [1.54, 1.807) is 24.3 Å². The quantitative estimate of drug-likeness (QED) is 0.745. The summed E-state index contributed by atoms with van der Waals surface area (Å²) in [5, 5.41) is 2.71. The summed E-state index contributed by atoms with van der Waals surface area (Å²) in [6.45, 7) is 2.57. The first kappa shape index (κ1) is 20.9. The Labute approximate surface area is 159 Å². The molecule has 1 N–H and O–H groups in total. The number of nitrogens with zero attached hydrogens (tertiary/aromatic N) is 2. The number of carbonyl (C=O) groups excluding carboxylic acids is 1. The standard InChI is InChI=1S/C19H24FN3O3S/c1-15-4-8-17(9-5-15)23(14-19(24)21-12-13-22(2)3)27(25,26)18-10-6-16(20)7-11-18/h4-11H,12-14H2,1-3H3,(H,21,24). The summed E-state index contributed by atoms with van der Waals surface area (Å²) in [7, 11) is -0.267. The molecule has 2 aromatic carbocycles. The third kappa shape index (κ3) is 5.77. The first-order chi connectivity index (χ1) is 12.7. The summed E-state index contributed by atoms with van der Waals surface area (Å²) in [6, 6.07) is 11.4. The van der Waals surface area contributed by atoms with E-state index in [-0.39, 0.29) is 11.4 Å². The number of nitrogens with one attached hydrogen (secondary N) is 1.